The van der Waals surface area contributed by atoms with Gasteiger partial charge in [-0.2, -0.15) is 12.6 Å². The summed E-state index contributed by atoms with van der Waals surface area (Å²) in [5.41, 5.74) is 0.383. The van der Waals surface area contributed by atoms with E-state index in [1.165, 1.54) is 19.4 Å². The Bertz CT molecular complexity index is 1160. The lowest BCUT2D eigenvalue weighted by atomic mass is 9.86. The molecule has 1 aliphatic heterocycles. The van der Waals surface area contributed by atoms with E-state index in [1.54, 1.807) is 24.3 Å². The third-order valence-corrected chi connectivity index (χ3v) is 7.03. The zero-order valence-corrected chi connectivity index (χ0v) is 28.5. The van der Waals surface area contributed by atoms with Crippen molar-refractivity contribution in [3.05, 3.63) is 72.2 Å². The minimum Gasteiger partial charge on any atom is -0.490 e. The van der Waals surface area contributed by atoms with Crippen molar-refractivity contribution in [1.29, 1.82) is 0 Å². The molecular formula is C34H51N3O7S. The predicted octanol–water partition coefficient (Wildman–Crippen LogP) is 5.46. The van der Waals surface area contributed by atoms with Gasteiger partial charge in [-0.1, -0.05) is 75.8 Å². The summed E-state index contributed by atoms with van der Waals surface area (Å²) < 4.78 is 15.9. The summed E-state index contributed by atoms with van der Waals surface area (Å²) in [6.45, 7) is 11.9. The van der Waals surface area contributed by atoms with E-state index in [2.05, 4.69) is 28.6 Å². The second-order valence-corrected chi connectivity index (χ2v) is 12.2. The first kappa shape index (κ1) is 39.3. The van der Waals surface area contributed by atoms with E-state index in [1.807, 2.05) is 65.8 Å². The molecular weight excluding hydrogens is 594 g/mol. The van der Waals surface area contributed by atoms with Crippen molar-refractivity contribution in [3.63, 3.8) is 0 Å². The van der Waals surface area contributed by atoms with Gasteiger partial charge in [-0.05, 0) is 43.7 Å². The molecule has 1 rings (SSSR count). The maximum Gasteiger partial charge on any atom is 0.407 e. The molecule has 10 nitrogen and oxygen atoms in total. The van der Waals surface area contributed by atoms with E-state index in [0.29, 0.717) is 31.6 Å². The smallest absolute Gasteiger partial charge is 0.407 e. The third kappa shape index (κ3) is 16.2. The lowest BCUT2D eigenvalue weighted by molar-refractivity contribution is -0.151. The number of hydrogen-bond acceptors (Lipinski definition) is 8. The van der Waals surface area contributed by atoms with Crippen LogP contribution < -0.4 is 16.0 Å². The second-order valence-electron chi connectivity index (χ2n) is 11.7. The van der Waals surface area contributed by atoms with Crippen LogP contribution in [0.5, 0.6) is 0 Å². The van der Waals surface area contributed by atoms with E-state index in [-0.39, 0.29) is 23.7 Å². The average Bonchev–Trinajstić information content (AvgIpc) is 2.98. The first-order valence-corrected chi connectivity index (χ1v) is 15.9. The Hall–Kier alpha value is -3.73. The Kier molecular flexibility index (Phi) is 18.4. The molecule has 1 aliphatic rings. The van der Waals surface area contributed by atoms with Crippen LogP contribution in [0, 0.1) is 11.3 Å². The molecule has 0 fully saturated rings. The minimum absolute atomic E-state index is 0.0141. The van der Waals surface area contributed by atoms with Crippen molar-refractivity contribution in [2.45, 2.75) is 85.5 Å². The summed E-state index contributed by atoms with van der Waals surface area (Å²) in [5, 5.41) is 8.21. The molecule has 11 heteroatoms. The summed E-state index contributed by atoms with van der Waals surface area (Å²) in [5.74, 6) is -0.359. The number of alkyl carbamates (subject to hydrolysis) is 1. The first-order valence-electron chi connectivity index (χ1n) is 15.2. The average molecular weight is 646 g/mol. The van der Waals surface area contributed by atoms with Gasteiger partial charge in [0.05, 0.1) is 7.11 Å². The van der Waals surface area contributed by atoms with Gasteiger partial charge in [0.25, 0.3) is 0 Å². The van der Waals surface area contributed by atoms with E-state index >= 15 is 0 Å². The normalized spacial score (nSPS) is 18.0. The molecule has 4 atom stereocenters. The van der Waals surface area contributed by atoms with Crippen LogP contribution in [0.1, 0.15) is 67.2 Å². The second kappa shape index (κ2) is 21.1. The third-order valence-electron chi connectivity index (χ3n) is 6.71. The molecule has 0 aliphatic carbocycles. The van der Waals surface area contributed by atoms with E-state index in [9.17, 15) is 19.2 Å². The van der Waals surface area contributed by atoms with Crippen LogP contribution in [-0.4, -0.2) is 61.5 Å². The highest BCUT2D eigenvalue weighted by atomic mass is 32.1. The summed E-state index contributed by atoms with van der Waals surface area (Å²) in [4.78, 5) is 49.6. The predicted molar refractivity (Wildman–Crippen MR) is 180 cm³/mol. The van der Waals surface area contributed by atoms with Crippen LogP contribution in [0.25, 0.3) is 0 Å². The number of cyclic esters (lactones) is 1. The lowest BCUT2D eigenvalue weighted by Gasteiger charge is -2.29. The fourth-order valence-electron chi connectivity index (χ4n) is 4.22. The van der Waals surface area contributed by atoms with Gasteiger partial charge in [0.15, 0.2) is 5.76 Å². The summed E-state index contributed by atoms with van der Waals surface area (Å²) >= 11 is 4.13. The number of amides is 3. The van der Waals surface area contributed by atoms with Crippen molar-refractivity contribution >= 4 is 36.5 Å². The first-order chi connectivity index (χ1) is 21.3. The van der Waals surface area contributed by atoms with Crippen molar-refractivity contribution in [1.82, 2.24) is 16.0 Å². The van der Waals surface area contributed by atoms with Crippen molar-refractivity contribution < 1.29 is 33.4 Å². The number of ether oxygens (including phenoxy) is 3. The Morgan fingerprint density at radius 2 is 1.84 bits per heavy atom. The van der Waals surface area contributed by atoms with Gasteiger partial charge in [0, 0.05) is 37.8 Å². The molecule has 3 amide bonds. The van der Waals surface area contributed by atoms with Crippen LogP contribution in [0.3, 0.4) is 0 Å². The number of thiol groups is 1. The molecule has 0 bridgehead atoms. The van der Waals surface area contributed by atoms with Gasteiger partial charge >= 0.3 is 12.1 Å². The number of allylic oxidation sites excluding steroid dienone is 5. The summed E-state index contributed by atoms with van der Waals surface area (Å²) in [6.07, 6.45) is 18.4. The number of carbonyl (C=O) groups is 4. The molecule has 0 aromatic carbocycles. The van der Waals surface area contributed by atoms with Crippen LogP contribution in [0.15, 0.2) is 72.2 Å². The van der Waals surface area contributed by atoms with Gasteiger partial charge in [-0.3, -0.25) is 9.59 Å². The van der Waals surface area contributed by atoms with Gasteiger partial charge in [0.1, 0.15) is 18.2 Å². The fraction of sp³-hybridized carbons (Fsp3) is 0.529. The summed E-state index contributed by atoms with van der Waals surface area (Å²) in [7, 11) is 1.44. The molecule has 1 heterocycles. The number of rotatable bonds is 17. The molecule has 0 saturated carbocycles. The molecule has 0 aromatic heterocycles. The van der Waals surface area contributed by atoms with Gasteiger partial charge in [-0.15, -0.1) is 0 Å². The number of carbonyl (C=O) groups excluding carboxylic acids is 4. The largest absolute Gasteiger partial charge is 0.490 e. The van der Waals surface area contributed by atoms with Crippen molar-refractivity contribution in [2.75, 3.05) is 19.4 Å². The van der Waals surface area contributed by atoms with Crippen LogP contribution in [-0.2, 0) is 28.6 Å². The molecule has 0 spiro atoms. The molecule has 0 radical (unpaired) electrons. The highest BCUT2D eigenvalue weighted by Gasteiger charge is 2.32. The molecule has 45 heavy (non-hydrogen) atoms. The highest BCUT2D eigenvalue weighted by Crippen LogP contribution is 2.23. The Morgan fingerprint density at radius 1 is 1.16 bits per heavy atom. The van der Waals surface area contributed by atoms with Crippen LogP contribution in [0.4, 0.5) is 4.79 Å². The van der Waals surface area contributed by atoms with Gasteiger partial charge in [0.2, 0.25) is 11.8 Å². The molecule has 250 valence electrons. The molecule has 4 unspecified atom stereocenters. The van der Waals surface area contributed by atoms with Gasteiger partial charge in [-0.25, -0.2) is 9.59 Å². The van der Waals surface area contributed by atoms with E-state index in [4.69, 9.17) is 14.2 Å². The Balaban J connectivity index is 2.69. The fourth-order valence-corrected chi connectivity index (χ4v) is 4.38. The topological polar surface area (TPSA) is 132 Å². The number of methoxy groups -OCH3 is 1. The minimum atomic E-state index is -0.802. The summed E-state index contributed by atoms with van der Waals surface area (Å²) in [6, 6.07) is -0.802. The lowest BCUT2D eigenvalue weighted by Crippen LogP contribution is -2.52. The van der Waals surface area contributed by atoms with Crippen molar-refractivity contribution in [3.8, 4) is 0 Å². The van der Waals surface area contributed by atoms with Crippen LogP contribution >= 0.6 is 12.6 Å². The van der Waals surface area contributed by atoms with E-state index < -0.39 is 35.5 Å². The van der Waals surface area contributed by atoms with Gasteiger partial charge < -0.3 is 30.2 Å². The zero-order valence-electron chi connectivity index (χ0n) is 27.6. The highest BCUT2D eigenvalue weighted by molar-refractivity contribution is 7.80. The van der Waals surface area contributed by atoms with Crippen molar-refractivity contribution in [2.24, 2.45) is 11.3 Å². The molecule has 0 aromatic rings. The molecule has 3 N–H and O–H groups in total. The van der Waals surface area contributed by atoms with E-state index in [0.717, 1.165) is 12.0 Å². The number of hydrogen-bond donors (Lipinski definition) is 4. The SMILES string of the molecule is CC=CCC(CC=CNC(=O)C(NC(=O)C=CC=CC(C)=CC(C)C1CC=C(OC)C(=O)O1)C(C)(C)C)OC(=O)NCCCS. The monoisotopic (exact) mass is 645 g/mol. The zero-order chi connectivity index (χ0) is 33.8. The Labute approximate surface area is 273 Å². The number of nitrogens with one attached hydrogen (secondary N) is 3. The maximum atomic E-state index is 13.0. The standard InChI is InChI=1S/C34H51N3O7S/c1-8-9-15-26(43-33(41)36-21-13-22-45)16-12-20-35-31(39)30(34(4,5)6)37-29(38)17-11-10-14-24(2)23-25(3)27-18-19-28(42-7)32(40)44-27/h8-12,14,17,19-20,23,25-27,30,45H,13,15-16,18,21-22H2,1-7H3,(H,35,39)(H,36,41)(H,37,38). The molecule has 0 saturated heterocycles. The number of esters is 1. The quantitative estimate of drug-likeness (QED) is 0.0413. The Morgan fingerprint density at radius 3 is 2.47 bits per heavy atom. The van der Waals surface area contributed by atoms with Crippen LogP contribution in [0.2, 0.25) is 0 Å². The maximum absolute atomic E-state index is 13.0.